The van der Waals surface area contributed by atoms with Gasteiger partial charge in [0.1, 0.15) is 0 Å². The molecule has 0 spiro atoms. The Bertz CT molecular complexity index is 265. The van der Waals surface area contributed by atoms with E-state index in [2.05, 4.69) is 10.2 Å². The quantitative estimate of drug-likeness (QED) is 0.780. The van der Waals surface area contributed by atoms with Crippen LogP contribution in [0.1, 0.15) is 44.9 Å². The summed E-state index contributed by atoms with van der Waals surface area (Å²) in [5.74, 6) is 1.16. The summed E-state index contributed by atoms with van der Waals surface area (Å²) in [5, 5.41) is 3.58. The predicted molar refractivity (Wildman–Crippen MR) is 70.3 cm³/mol. The zero-order chi connectivity index (χ0) is 11.0. The summed E-state index contributed by atoms with van der Waals surface area (Å²) in [6.45, 7) is 1.98. The summed E-state index contributed by atoms with van der Waals surface area (Å²) in [6.07, 6.45) is 8.83. The van der Waals surface area contributed by atoms with Crippen LogP contribution in [0, 0.1) is 5.92 Å². The second-order valence-corrected chi connectivity index (χ2v) is 5.64. The maximum Gasteiger partial charge on any atom is 0.239 e. The zero-order valence-electron chi connectivity index (χ0n) is 10.4. The number of amides is 1. The predicted octanol–water partition coefficient (Wildman–Crippen LogP) is 1.95. The first-order valence-corrected chi connectivity index (χ1v) is 6.89. The molecule has 3 fully saturated rings. The number of nitrogens with one attached hydrogen (secondary N) is 1. The lowest BCUT2D eigenvalue weighted by Crippen LogP contribution is -2.44. The van der Waals surface area contributed by atoms with Crippen LogP contribution in [0.5, 0.6) is 0 Å². The fourth-order valence-corrected chi connectivity index (χ4v) is 3.67. The standard InChI is InChI=1S/C13H22N2O.ClH/c16-13(15-7-3-4-8-15)12-9-10-5-1-2-6-11(10)14-12;/h10-12,14H,1-9H2;1H. The lowest BCUT2D eigenvalue weighted by Gasteiger charge is -2.24. The number of halogens is 1. The van der Waals surface area contributed by atoms with Crippen LogP contribution < -0.4 is 5.32 Å². The number of nitrogens with zero attached hydrogens (tertiary/aromatic N) is 1. The summed E-state index contributed by atoms with van der Waals surface area (Å²) in [5.41, 5.74) is 0. The van der Waals surface area contributed by atoms with E-state index in [1.807, 2.05) is 0 Å². The fourth-order valence-electron chi connectivity index (χ4n) is 3.67. The van der Waals surface area contributed by atoms with Crippen molar-refractivity contribution in [1.29, 1.82) is 0 Å². The van der Waals surface area contributed by atoms with Crippen molar-refractivity contribution in [3.63, 3.8) is 0 Å². The van der Waals surface area contributed by atoms with E-state index in [-0.39, 0.29) is 18.4 Å². The number of hydrogen-bond donors (Lipinski definition) is 1. The number of carbonyl (C=O) groups is 1. The van der Waals surface area contributed by atoms with E-state index in [0.717, 1.165) is 25.4 Å². The van der Waals surface area contributed by atoms with Crippen molar-refractivity contribution in [3.8, 4) is 0 Å². The Balaban J connectivity index is 0.00000108. The highest BCUT2D eigenvalue weighted by molar-refractivity contribution is 5.85. The van der Waals surface area contributed by atoms with Crippen molar-refractivity contribution in [3.05, 3.63) is 0 Å². The molecule has 0 aromatic heterocycles. The van der Waals surface area contributed by atoms with E-state index in [1.165, 1.54) is 38.5 Å². The third-order valence-electron chi connectivity index (χ3n) is 4.58. The largest absolute Gasteiger partial charge is 0.341 e. The first-order chi connectivity index (χ1) is 7.84. The number of carbonyl (C=O) groups excluding carboxylic acids is 1. The van der Waals surface area contributed by atoms with Crippen LogP contribution >= 0.6 is 12.4 Å². The Morgan fingerprint density at radius 3 is 2.47 bits per heavy atom. The van der Waals surface area contributed by atoms with Crippen LogP contribution in [-0.4, -0.2) is 36.0 Å². The average molecular weight is 259 g/mol. The van der Waals surface area contributed by atoms with Crippen LogP contribution in [0.15, 0.2) is 0 Å². The van der Waals surface area contributed by atoms with Crippen molar-refractivity contribution < 1.29 is 4.79 Å². The average Bonchev–Trinajstić information content (AvgIpc) is 2.97. The molecule has 98 valence electrons. The van der Waals surface area contributed by atoms with Crippen molar-refractivity contribution in [2.75, 3.05) is 13.1 Å². The van der Waals surface area contributed by atoms with Crippen LogP contribution in [0.2, 0.25) is 0 Å². The minimum Gasteiger partial charge on any atom is -0.341 e. The molecule has 4 heteroatoms. The molecule has 3 nitrogen and oxygen atoms in total. The first kappa shape index (κ1) is 13.2. The summed E-state index contributed by atoms with van der Waals surface area (Å²) in [4.78, 5) is 14.3. The smallest absolute Gasteiger partial charge is 0.239 e. The summed E-state index contributed by atoms with van der Waals surface area (Å²) in [7, 11) is 0. The molecule has 3 unspecified atom stereocenters. The van der Waals surface area contributed by atoms with Gasteiger partial charge in [0.05, 0.1) is 6.04 Å². The number of hydrogen-bond acceptors (Lipinski definition) is 2. The molecule has 0 aromatic carbocycles. The maximum absolute atomic E-state index is 12.3. The molecule has 2 saturated heterocycles. The molecule has 3 aliphatic rings. The van der Waals surface area contributed by atoms with Crippen molar-refractivity contribution in [2.24, 2.45) is 5.92 Å². The second kappa shape index (κ2) is 5.57. The van der Waals surface area contributed by atoms with Crippen molar-refractivity contribution >= 4 is 18.3 Å². The normalized spacial score (nSPS) is 36.5. The molecule has 1 saturated carbocycles. The molecule has 3 atom stereocenters. The Kier molecular flexibility index (Phi) is 4.31. The molecule has 0 bridgehead atoms. The minimum atomic E-state index is 0. The van der Waals surface area contributed by atoms with Gasteiger partial charge in [-0.15, -0.1) is 12.4 Å². The second-order valence-electron chi connectivity index (χ2n) is 5.64. The molecule has 3 rings (SSSR count). The number of rotatable bonds is 1. The van der Waals surface area contributed by atoms with E-state index >= 15 is 0 Å². The van der Waals surface area contributed by atoms with Crippen molar-refractivity contribution in [1.82, 2.24) is 10.2 Å². The zero-order valence-corrected chi connectivity index (χ0v) is 11.2. The lowest BCUT2D eigenvalue weighted by atomic mass is 9.85. The highest BCUT2D eigenvalue weighted by atomic mass is 35.5. The molecular formula is C13H23ClN2O. The third-order valence-corrected chi connectivity index (χ3v) is 4.58. The lowest BCUT2D eigenvalue weighted by molar-refractivity contribution is -0.132. The third kappa shape index (κ3) is 2.60. The Hall–Kier alpha value is -0.280. The molecule has 1 amide bonds. The van der Waals surface area contributed by atoms with E-state index in [1.54, 1.807) is 0 Å². The Labute approximate surface area is 110 Å². The molecular weight excluding hydrogens is 236 g/mol. The molecule has 1 N–H and O–H groups in total. The maximum atomic E-state index is 12.3. The number of likely N-dealkylation sites (tertiary alicyclic amines) is 1. The number of fused-ring (bicyclic) bond motifs is 1. The summed E-state index contributed by atoms with van der Waals surface area (Å²) < 4.78 is 0. The Morgan fingerprint density at radius 2 is 1.76 bits per heavy atom. The minimum absolute atomic E-state index is 0. The van der Waals surface area contributed by atoms with Gasteiger partial charge in [-0.25, -0.2) is 0 Å². The van der Waals surface area contributed by atoms with Gasteiger partial charge < -0.3 is 10.2 Å². The first-order valence-electron chi connectivity index (χ1n) is 6.89. The summed E-state index contributed by atoms with van der Waals surface area (Å²) in [6, 6.07) is 0.788. The fraction of sp³-hybridized carbons (Fsp3) is 0.923. The molecule has 1 aliphatic carbocycles. The van der Waals surface area contributed by atoms with Gasteiger partial charge >= 0.3 is 0 Å². The van der Waals surface area contributed by atoms with Gasteiger partial charge in [0.2, 0.25) is 5.91 Å². The highest BCUT2D eigenvalue weighted by Gasteiger charge is 2.39. The Morgan fingerprint density at radius 1 is 1.06 bits per heavy atom. The monoisotopic (exact) mass is 258 g/mol. The molecule has 0 aromatic rings. The van der Waals surface area contributed by atoms with Gasteiger partial charge in [0.25, 0.3) is 0 Å². The molecule has 2 aliphatic heterocycles. The van der Waals surface area contributed by atoms with E-state index in [0.29, 0.717) is 11.9 Å². The van der Waals surface area contributed by atoms with Gasteiger partial charge in [0.15, 0.2) is 0 Å². The van der Waals surface area contributed by atoms with Crippen LogP contribution in [0.25, 0.3) is 0 Å². The van der Waals surface area contributed by atoms with Crippen LogP contribution in [-0.2, 0) is 4.79 Å². The highest BCUT2D eigenvalue weighted by Crippen LogP contribution is 2.33. The van der Waals surface area contributed by atoms with Crippen molar-refractivity contribution in [2.45, 2.75) is 57.0 Å². The SMILES string of the molecule is Cl.O=C(C1CC2CCCCC2N1)N1CCCC1. The van der Waals surface area contributed by atoms with E-state index in [9.17, 15) is 4.79 Å². The summed E-state index contributed by atoms with van der Waals surface area (Å²) >= 11 is 0. The van der Waals surface area contributed by atoms with Gasteiger partial charge in [0, 0.05) is 19.1 Å². The van der Waals surface area contributed by atoms with Crippen LogP contribution in [0.3, 0.4) is 0 Å². The van der Waals surface area contributed by atoms with Gasteiger partial charge in [-0.05, 0) is 38.0 Å². The molecule has 0 radical (unpaired) electrons. The molecule has 2 heterocycles. The van der Waals surface area contributed by atoms with Gasteiger partial charge in [-0.1, -0.05) is 12.8 Å². The topological polar surface area (TPSA) is 32.3 Å². The van der Waals surface area contributed by atoms with E-state index in [4.69, 9.17) is 0 Å². The van der Waals surface area contributed by atoms with Gasteiger partial charge in [-0.2, -0.15) is 0 Å². The molecule has 17 heavy (non-hydrogen) atoms. The van der Waals surface area contributed by atoms with E-state index < -0.39 is 0 Å². The van der Waals surface area contributed by atoms with Crippen LogP contribution in [0.4, 0.5) is 0 Å². The van der Waals surface area contributed by atoms with Gasteiger partial charge in [-0.3, -0.25) is 4.79 Å².